The predicted molar refractivity (Wildman–Crippen MR) is 147 cm³/mol. The molecule has 5 heteroatoms. The maximum atomic E-state index is 14.0. The highest BCUT2D eigenvalue weighted by Crippen LogP contribution is 2.41. The predicted octanol–water partition coefficient (Wildman–Crippen LogP) is 7.56. The van der Waals surface area contributed by atoms with E-state index in [2.05, 4.69) is 43.3 Å². The van der Waals surface area contributed by atoms with E-state index in [0.29, 0.717) is 17.3 Å². The highest BCUT2D eigenvalue weighted by atomic mass is 32.2. The lowest BCUT2D eigenvalue weighted by Gasteiger charge is -2.15. The van der Waals surface area contributed by atoms with Crippen molar-refractivity contribution in [3.8, 4) is 5.75 Å². The average Bonchev–Trinajstić information content (AvgIpc) is 2.93. The molecule has 0 bridgehead atoms. The second kappa shape index (κ2) is 10.6. The van der Waals surface area contributed by atoms with E-state index in [-0.39, 0.29) is 4.90 Å². The third-order valence-electron chi connectivity index (χ3n) is 5.90. The number of fused-ring (bicyclic) bond motifs is 1. The third kappa shape index (κ3) is 4.77. The van der Waals surface area contributed by atoms with Crippen LogP contribution in [-0.2, 0) is 20.7 Å². The van der Waals surface area contributed by atoms with Crippen molar-refractivity contribution in [3.05, 3.63) is 121 Å². The van der Waals surface area contributed by atoms with E-state index < -0.39 is 20.7 Å². The molecule has 5 rings (SSSR count). The molecule has 0 spiro atoms. The summed E-state index contributed by atoms with van der Waals surface area (Å²) in [6, 6.07) is 38.7. The van der Waals surface area contributed by atoms with Crippen molar-refractivity contribution < 1.29 is 13.2 Å². The van der Waals surface area contributed by atoms with E-state index in [9.17, 15) is 8.42 Å². The van der Waals surface area contributed by atoms with Gasteiger partial charge in [0.05, 0.1) is 11.5 Å². The number of sulfone groups is 1. The molecule has 0 aliphatic carbocycles. The minimum Gasteiger partial charge on any atom is -0.493 e. The SMILES string of the molecule is CCCOc1ccc(S(=O)(=O)c2ccccc2)c([S+](c2ccccc2)c2cccc3ccccc23)c1. The Morgan fingerprint density at radius 1 is 0.694 bits per heavy atom. The van der Waals surface area contributed by atoms with Crippen molar-refractivity contribution in [1.29, 1.82) is 0 Å². The maximum Gasteiger partial charge on any atom is 0.211 e. The van der Waals surface area contributed by atoms with Gasteiger partial charge in [0.15, 0.2) is 14.7 Å². The molecule has 36 heavy (non-hydrogen) atoms. The molecule has 5 aromatic rings. The Balaban J connectivity index is 1.82. The van der Waals surface area contributed by atoms with Crippen LogP contribution in [0, 0.1) is 0 Å². The van der Waals surface area contributed by atoms with E-state index in [4.69, 9.17) is 4.74 Å². The summed E-state index contributed by atoms with van der Waals surface area (Å²) in [5.41, 5.74) is 0. The van der Waals surface area contributed by atoms with Crippen molar-refractivity contribution in [2.24, 2.45) is 0 Å². The van der Waals surface area contributed by atoms with Crippen molar-refractivity contribution in [1.82, 2.24) is 0 Å². The largest absolute Gasteiger partial charge is 0.493 e. The number of hydrogen-bond acceptors (Lipinski definition) is 3. The lowest BCUT2D eigenvalue weighted by atomic mass is 10.1. The Morgan fingerprint density at radius 2 is 1.36 bits per heavy atom. The zero-order valence-electron chi connectivity index (χ0n) is 20.0. The molecule has 1 atom stereocenters. The van der Waals surface area contributed by atoms with Crippen LogP contribution in [0.2, 0.25) is 0 Å². The van der Waals surface area contributed by atoms with Crippen molar-refractivity contribution in [3.63, 3.8) is 0 Å². The van der Waals surface area contributed by atoms with E-state index >= 15 is 0 Å². The van der Waals surface area contributed by atoms with Crippen LogP contribution >= 0.6 is 0 Å². The van der Waals surface area contributed by atoms with Gasteiger partial charge < -0.3 is 4.74 Å². The normalized spacial score (nSPS) is 12.4. The maximum absolute atomic E-state index is 14.0. The summed E-state index contributed by atoms with van der Waals surface area (Å²) in [5, 5.41) is 2.23. The molecule has 0 aliphatic rings. The minimum absolute atomic E-state index is 0.281. The molecule has 0 heterocycles. The van der Waals surface area contributed by atoms with Crippen LogP contribution in [0.1, 0.15) is 13.3 Å². The summed E-state index contributed by atoms with van der Waals surface area (Å²) >= 11 is 0. The van der Waals surface area contributed by atoms with Crippen molar-refractivity contribution >= 4 is 31.5 Å². The fraction of sp³-hybridized carbons (Fsp3) is 0.0968. The quantitative estimate of drug-likeness (QED) is 0.202. The molecule has 0 saturated heterocycles. The van der Waals surface area contributed by atoms with Crippen molar-refractivity contribution in [2.45, 2.75) is 37.8 Å². The van der Waals surface area contributed by atoms with Crippen LogP contribution in [0.15, 0.2) is 146 Å². The fourth-order valence-corrected chi connectivity index (χ4v) is 8.43. The van der Waals surface area contributed by atoms with Gasteiger partial charge in [-0.15, -0.1) is 0 Å². The monoisotopic (exact) mass is 511 g/mol. The molecule has 0 amide bonds. The lowest BCUT2D eigenvalue weighted by molar-refractivity contribution is 0.316. The Hall–Kier alpha value is -3.54. The number of hydrogen-bond donors (Lipinski definition) is 0. The zero-order chi connectivity index (χ0) is 25.0. The van der Waals surface area contributed by atoms with Gasteiger partial charge in [-0.05, 0) is 60.3 Å². The van der Waals surface area contributed by atoms with Gasteiger partial charge in [-0.3, -0.25) is 0 Å². The lowest BCUT2D eigenvalue weighted by Crippen LogP contribution is -2.13. The third-order valence-corrected chi connectivity index (χ3v) is 10.2. The van der Waals surface area contributed by atoms with Gasteiger partial charge in [0, 0.05) is 11.5 Å². The molecule has 0 fully saturated rings. The summed E-state index contributed by atoms with van der Waals surface area (Å²) in [6.07, 6.45) is 0.868. The molecule has 0 aliphatic heterocycles. The highest BCUT2D eigenvalue weighted by molar-refractivity contribution is 7.98. The first-order valence-corrected chi connectivity index (χ1v) is 14.6. The molecule has 3 nitrogen and oxygen atoms in total. The van der Waals surface area contributed by atoms with Crippen LogP contribution in [-0.4, -0.2) is 15.0 Å². The Kier molecular flexibility index (Phi) is 7.12. The summed E-state index contributed by atoms with van der Waals surface area (Å²) in [5.74, 6) is 0.674. The summed E-state index contributed by atoms with van der Waals surface area (Å²) in [4.78, 5) is 3.44. The van der Waals surface area contributed by atoms with E-state index in [1.54, 1.807) is 36.4 Å². The number of benzene rings is 5. The van der Waals surface area contributed by atoms with Crippen LogP contribution in [0.25, 0.3) is 10.8 Å². The summed E-state index contributed by atoms with van der Waals surface area (Å²) in [6.45, 7) is 2.62. The van der Waals surface area contributed by atoms with Gasteiger partial charge in [0.2, 0.25) is 9.84 Å². The van der Waals surface area contributed by atoms with Gasteiger partial charge in [0.1, 0.15) is 21.5 Å². The van der Waals surface area contributed by atoms with Gasteiger partial charge in [-0.2, -0.15) is 0 Å². The first-order chi connectivity index (χ1) is 17.6. The highest BCUT2D eigenvalue weighted by Gasteiger charge is 2.37. The average molecular weight is 512 g/mol. The number of rotatable bonds is 8. The van der Waals surface area contributed by atoms with E-state index in [0.717, 1.165) is 31.9 Å². The molecular weight excluding hydrogens is 484 g/mol. The summed E-state index contributed by atoms with van der Waals surface area (Å²) < 4.78 is 33.9. The van der Waals surface area contributed by atoms with Gasteiger partial charge in [-0.1, -0.05) is 73.7 Å². The smallest absolute Gasteiger partial charge is 0.211 e. The van der Waals surface area contributed by atoms with Gasteiger partial charge >= 0.3 is 0 Å². The van der Waals surface area contributed by atoms with Crippen molar-refractivity contribution in [2.75, 3.05) is 6.61 Å². The zero-order valence-corrected chi connectivity index (χ0v) is 21.6. The minimum atomic E-state index is -3.77. The standard InChI is InChI=1S/C31H27O3S2/c1-2-22-34-25-20-21-31(36(32,33)27-16-7-4-8-17-27)30(23-25)35(26-14-5-3-6-15-26)29-19-11-13-24-12-9-10-18-28(24)29/h3-21,23H,2,22H2,1H3/q+1. The molecule has 0 N–H and O–H groups in total. The second-order valence-corrected chi connectivity index (χ2v) is 12.3. The van der Waals surface area contributed by atoms with Gasteiger partial charge in [0.25, 0.3) is 0 Å². The molecule has 5 aromatic carbocycles. The van der Waals surface area contributed by atoms with E-state index in [1.807, 2.05) is 48.5 Å². The van der Waals surface area contributed by atoms with Gasteiger partial charge in [-0.25, -0.2) is 8.42 Å². The molecule has 1 unspecified atom stereocenters. The molecular formula is C31H27O3S2+. The molecule has 180 valence electrons. The van der Waals surface area contributed by atoms with E-state index in [1.165, 1.54) is 0 Å². The number of ether oxygens (including phenoxy) is 1. The first-order valence-electron chi connectivity index (χ1n) is 11.9. The van der Waals surface area contributed by atoms with Crippen LogP contribution in [0.5, 0.6) is 5.75 Å². The summed E-state index contributed by atoms with van der Waals surface area (Å²) in [7, 11) is -4.47. The van der Waals surface area contributed by atoms with Crippen LogP contribution < -0.4 is 4.74 Å². The van der Waals surface area contributed by atoms with Crippen LogP contribution in [0.3, 0.4) is 0 Å². The van der Waals surface area contributed by atoms with Crippen LogP contribution in [0.4, 0.5) is 0 Å². The molecule has 0 saturated carbocycles. The molecule has 0 radical (unpaired) electrons. The fourth-order valence-electron chi connectivity index (χ4n) is 4.21. The topological polar surface area (TPSA) is 43.4 Å². The Bertz CT molecular complexity index is 1580. The molecule has 0 aromatic heterocycles. The Labute approximate surface area is 215 Å². The first kappa shape index (κ1) is 24.2. The Morgan fingerprint density at radius 3 is 2.11 bits per heavy atom. The second-order valence-electron chi connectivity index (χ2n) is 8.37.